The number of aromatic hydroxyl groups is 1. The van der Waals surface area contributed by atoms with Gasteiger partial charge in [0.05, 0.1) is 0 Å². The molecular weight excluding hydrogens is 346 g/mol. The highest BCUT2D eigenvalue weighted by molar-refractivity contribution is 5.73. The van der Waals surface area contributed by atoms with Crippen molar-refractivity contribution >= 4 is 11.0 Å². The van der Waals surface area contributed by atoms with E-state index in [0.717, 1.165) is 23.0 Å². The number of nitrogens with zero attached hydrogens (tertiary/aromatic N) is 3. The molecule has 150 valence electrons. The largest absolute Gasteiger partial charge is 0.505 e. The van der Waals surface area contributed by atoms with Crippen molar-refractivity contribution in [2.24, 2.45) is 0 Å². The van der Waals surface area contributed by atoms with Gasteiger partial charge in [-0.3, -0.25) is 0 Å². The Kier molecular flexibility index (Phi) is 7.07. The van der Waals surface area contributed by atoms with Gasteiger partial charge in [-0.05, 0) is 48.1 Å². The van der Waals surface area contributed by atoms with E-state index >= 15 is 0 Å². The maximum atomic E-state index is 10.9. The van der Waals surface area contributed by atoms with Crippen LogP contribution >= 0.6 is 0 Å². The van der Waals surface area contributed by atoms with Crippen LogP contribution in [-0.4, -0.2) is 20.1 Å². The monoisotopic (exact) mass is 379 g/mol. The molecule has 0 fully saturated rings. The van der Waals surface area contributed by atoms with Crippen LogP contribution < -0.4 is 0 Å². The van der Waals surface area contributed by atoms with Gasteiger partial charge in [0.1, 0.15) is 22.5 Å². The van der Waals surface area contributed by atoms with E-state index in [1.807, 2.05) is 24.3 Å². The van der Waals surface area contributed by atoms with Gasteiger partial charge in [0.2, 0.25) is 0 Å². The maximum Gasteiger partial charge on any atom is 0.146 e. The lowest BCUT2D eigenvalue weighted by atomic mass is 9.96. The molecule has 4 heteroatoms. The third-order valence-electron chi connectivity index (χ3n) is 5.37. The summed E-state index contributed by atoms with van der Waals surface area (Å²) in [5.41, 5.74) is 4.58. The van der Waals surface area contributed by atoms with Crippen molar-refractivity contribution in [2.45, 2.75) is 78.1 Å². The minimum Gasteiger partial charge on any atom is -0.505 e. The van der Waals surface area contributed by atoms with Gasteiger partial charge in [-0.25, -0.2) is 0 Å². The predicted molar refractivity (Wildman–Crippen MR) is 116 cm³/mol. The second kappa shape index (κ2) is 9.72. The first kappa shape index (κ1) is 20.4. The highest BCUT2D eigenvalue weighted by Crippen LogP contribution is 2.33. The van der Waals surface area contributed by atoms with Gasteiger partial charge in [0.25, 0.3) is 0 Å². The number of unbranched alkanes of at least 4 members (excludes halogenated alkanes) is 6. The van der Waals surface area contributed by atoms with Crippen molar-refractivity contribution in [1.82, 2.24) is 15.0 Å². The Balaban J connectivity index is 1.78. The molecule has 0 aliphatic heterocycles. The number of phenolic OH excluding ortho intramolecular Hbond substituents is 1. The van der Waals surface area contributed by atoms with E-state index in [4.69, 9.17) is 0 Å². The number of benzene rings is 2. The van der Waals surface area contributed by atoms with Crippen LogP contribution in [0.1, 0.15) is 82.8 Å². The summed E-state index contributed by atoms with van der Waals surface area (Å²) in [7, 11) is 0. The van der Waals surface area contributed by atoms with E-state index in [9.17, 15) is 5.11 Å². The molecule has 4 nitrogen and oxygen atoms in total. The molecule has 0 radical (unpaired) electrons. The summed E-state index contributed by atoms with van der Waals surface area (Å²) in [6.45, 7) is 6.49. The van der Waals surface area contributed by atoms with Crippen LogP contribution in [0.15, 0.2) is 36.4 Å². The van der Waals surface area contributed by atoms with Gasteiger partial charge in [0.15, 0.2) is 0 Å². The molecule has 0 atom stereocenters. The van der Waals surface area contributed by atoms with Crippen molar-refractivity contribution in [3.63, 3.8) is 0 Å². The summed E-state index contributed by atoms with van der Waals surface area (Å²) >= 11 is 0. The molecule has 28 heavy (non-hydrogen) atoms. The molecule has 3 rings (SSSR count). The number of phenols is 1. The quantitative estimate of drug-likeness (QED) is 0.407. The fourth-order valence-corrected chi connectivity index (χ4v) is 3.69. The second-order valence-electron chi connectivity index (χ2n) is 8.06. The van der Waals surface area contributed by atoms with Crippen LogP contribution in [0.3, 0.4) is 0 Å². The molecule has 3 aromatic rings. The van der Waals surface area contributed by atoms with E-state index in [0.29, 0.717) is 11.4 Å². The third-order valence-corrected chi connectivity index (χ3v) is 5.37. The molecule has 1 heterocycles. The van der Waals surface area contributed by atoms with Gasteiger partial charge in [0, 0.05) is 0 Å². The SMILES string of the molecule is CCCCCCCCCc1cc(C(C)C)c(O)c(-n2nc3ccccc3n2)c1. The molecular formula is C24H33N3O. The maximum absolute atomic E-state index is 10.9. The van der Waals surface area contributed by atoms with Gasteiger partial charge in [-0.15, -0.1) is 15.0 Å². The van der Waals surface area contributed by atoms with Crippen molar-refractivity contribution < 1.29 is 5.11 Å². The number of aromatic nitrogens is 3. The van der Waals surface area contributed by atoms with Crippen LogP contribution in [0.25, 0.3) is 16.7 Å². The zero-order valence-corrected chi connectivity index (χ0v) is 17.5. The lowest BCUT2D eigenvalue weighted by Crippen LogP contribution is -2.04. The zero-order valence-electron chi connectivity index (χ0n) is 17.5. The van der Waals surface area contributed by atoms with Gasteiger partial charge in [-0.1, -0.05) is 77.5 Å². The molecule has 0 aliphatic carbocycles. The first-order valence-corrected chi connectivity index (χ1v) is 10.8. The van der Waals surface area contributed by atoms with Crippen LogP contribution in [0.4, 0.5) is 0 Å². The number of aryl methyl sites for hydroxylation is 1. The molecule has 0 bridgehead atoms. The lowest BCUT2D eigenvalue weighted by Gasteiger charge is -2.15. The first-order valence-electron chi connectivity index (χ1n) is 10.8. The van der Waals surface area contributed by atoms with Crippen LogP contribution in [0.2, 0.25) is 0 Å². The van der Waals surface area contributed by atoms with Gasteiger partial charge >= 0.3 is 0 Å². The minimum absolute atomic E-state index is 0.248. The molecule has 0 unspecified atom stereocenters. The van der Waals surface area contributed by atoms with Crippen molar-refractivity contribution in [3.8, 4) is 11.4 Å². The standard InChI is InChI=1S/C24H33N3O/c1-4-5-6-7-8-9-10-13-19-16-20(18(2)3)24(28)23(17-19)27-25-21-14-11-12-15-22(21)26-27/h11-12,14-18,28H,4-10,13H2,1-3H3. The fourth-order valence-electron chi connectivity index (χ4n) is 3.69. The van der Waals surface area contributed by atoms with Gasteiger partial charge in [-0.2, -0.15) is 0 Å². The summed E-state index contributed by atoms with van der Waals surface area (Å²) < 4.78 is 0. The molecule has 2 aromatic carbocycles. The predicted octanol–water partition coefficient (Wildman–Crippen LogP) is 6.54. The van der Waals surface area contributed by atoms with Gasteiger partial charge < -0.3 is 5.11 Å². The summed E-state index contributed by atoms with van der Waals surface area (Å²) in [6, 6.07) is 12.0. The van der Waals surface area contributed by atoms with Crippen molar-refractivity contribution in [2.75, 3.05) is 0 Å². The number of hydrogen-bond donors (Lipinski definition) is 1. The topological polar surface area (TPSA) is 50.9 Å². The van der Waals surface area contributed by atoms with E-state index in [2.05, 4.69) is 43.1 Å². The molecule has 0 spiro atoms. The summed E-state index contributed by atoms with van der Waals surface area (Å²) in [5.74, 6) is 0.538. The van der Waals surface area contributed by atoms with E-state index < -0.39 is 0 Å². The average Bonchev–Trinajstić information content (AvgIpc) is 3.12. The minimum atomic E-state index is 0.248. The number of hydrogen-bond acceptors (Lipinski definition) is 3. The molecule has 0 amide bonds. The molecule has 0 saturated heterocycles. The number of rotatable bonds is 10. The average molecular weight is 380 g/mol. The summed E-state index contributed by atoms with van der Waals surface area (Å²) in [6.07, 6.45) is 10.1. The Morgan fingerprint density at radius 1 is 0.893 bits per heavy atom. The van der Waals surface area contributed by atoms with Crippen molar-refractivity contribution in [3.05, 3.63) is 47.5 Å². The van der Waals surface area contributed by atoms with Crippen LogP contribution in [0.5, 0.6) is 5.75 Å². The fraction of sp³-hybridized carbons (Fsp3) is 0.500. The Labute approximate surface area is 168 Å². The first-order chi connectivity index (χ1) is 13.6. The summed E-state index contributed by atoms with van der Waals surface area (Å²) in [4.78, 5) is 1.58. The molecule has 0 aliphatic rings. The zero-order chi connectivity index (χ0) is 19.9. The summed E-state index contributed by atoms with van der Waals surface area (Å²) in [5, 5.41) is 20.0. The Morgan fingerprint density at radius 2 is 1.50 bits per heavy atom. The van der Waals surface area contributed by atoms with E-state index in [-0.39, 0.29) is 5.92 Å². The highest BCUT2D eigenvalue weighted by Gasteiger charge is 2.16. The Morgan fingerprint density at radius 3 is 2.11 bits per heavy atom. The third kappa shape index (κ3) is 4.92. The molecule has 0 saturated carbocycles. The Bertz CT molecular complexity index is 865. The van der Waals surface area contributed by atoms with Crippen LogP contribution in [-0.2, 0) is 6.42 Å². The number of fused-ring (bicyclic) bond motifs is 1. The highest BCUT2D eigenvalue weighted by atomic mass is 16.3. The lowest BCUT2D eigenvalue weighted by molar-refractivity contribution is 0.457. The van der Waals surface area contributed by atoms with E-state index in [1.165, 1.54) is 50.5 Å². The second-order valence-corrected chi connectivity index (χ2v) is 8.06. The normalized spacial score (nSPS) is 11.6. The molecule has 1 aromatic heterocycles. The van der Waals surface area contributed by atoms with E-state index in [1.54, 1.807) is 4.80 Å². The Hall–Kier alpha value is -2.36. The van der Waals surface area contributed by atoms with Crippen LogP contribution in [0, 0.1) is 0 Å². The van der Waals surface area contributed by atoms with Crippen molar-refractivity contribution in [1.29, 1.82) is 0 Å². The smallest absolute Gasteiger partial charge is 0.146 e. The molecule has 1 N–H and O–H groups in total.